The number of aromatic nitrogens is 2. The fraction of sp³-hybridized carbons (Fsp3) is 0.231. The molecule has 0 saturated carbocycles. The molecule has 0 fully saturated rings. The van der Waals surface area contributed by atoms with Crippen LogP contribution in [0.5, 0.6) is 11.6 Å². The van der Waals surface area contributed by atoms with E-state index >= 15 is 0 Å². The van der Waals surface area contributed by atoms with Crippen LogP contribution in [0.4, 0.5) is 4.39 Å². The smallest absolute Gasteiger partial charge is 0.260 e. The Labute approximate surface area is 115 Å². The van der Waals surface area contributed by atoms with Gasteiger partial charge in [0.05, 0.1) is 12.8 Å². The van der Waals surface area contributed by atoms with Gasteiger partial charge in [-0.05, 0) is 35.7 Å². The zero-order valence-corrected chi connectivity index (χ0v) is 11.0. The van der Waals surface area contributed by atoms with Gasteiger partial charge in [0.25, 0.3) is 5.88 Å². The summed E-state index contributed by atoms with van der Waals surface area (Å²) in [7, 11) is 1.65. The Hall–Kier alpha value is -1.72. The fourth-order valence-corrected chi connectivity index (χ4v) is 1.58. The van der Waals surface area contributed by atoms with Crippen molar-refractivity contribution in [3.8, 4) is 11.6 Å². The second-order valence-electron chi connectivity index (χ2n) is 3.78. The summed E-state index contributed by atoms with van der Waals surface area (Å²) in [5, 5.41) is -0.0619. The van der Waals surface area contributed by atoms with Crippen LogP contribution in [-0.2, 0) is 11.2 Å². The topological polar surface area (TPSA) is 44.2 Å². The standard InChI is InChI=1S/C13H12ClFN2O2/c1-18-7-6-9-2-4-10(5-3-9)19-12-11(15)8-16-13(14)17-12/h2-5,8H,6-7H2,1H3. The number of methoxy groups -OCH3 is 1. The number of hydrogen-bond acceptors (Lipinski definition) is 4. The summed E-state index contributed by atoms with van der Waals surface area (Å²) in [6, 6.07) is 7.24. The molecular weight excluding hydrogens is 271 g/mol. The van der Waals surface area contributed by atoms with Gasteiger partial charge in [0, 0.05) is 7.11 Å². The monoisotopic (exact) mass is 282 g/mol. The van der Waals surface area contributed by atoms with E-state index in [-0.39, 0.29) is 11.2 Å². The third kappa shape index (κ3) is 3.87. The maximum Gasteiger partial charge on any atom is 0.260 e. The van der Waals surface area contributed by atoms with E-state index in [1.165, 1.54) is 0 Å². The van der Waals surface area contributed by atoms with Crippen molar-refractivity contribution in [2.75, 3.05) is 13.7 Å². The predicted octanol–water partition coefficient (Wildman–Crippen LogP) is 3.25. The van der Waals surface area contributed by atoms with Gasteiger partial charge in [-0.1, -0.05) is 12.1 Å². The summed E-state index contributed by atoms with van der Waals surface area (Å²) < 4.78 is 23.7. The van der Waals surface area contributed by atoms with Crippen molar-refractivity contribution in [1.82, 2.24) is 9.97 Å². The highest BCUT2D eigenvalue weighted by Gasteiger charge is 2.08. The van der Waals surface area contributed by atoms with E-state index in [4.69, 9.17) is 21.1 Å². The maximum atomic E-state index is 13.4. The van der Waals surface area contributed by atoms with Gasteiger partial charge in [-0.3, -0.25) is 0 Å². The van der Waals surface area contributed by atoms with Crippen LogP contribution in [-0.4, -0.2) is 23.7 Å². The van der Waals surface area contributed by atoms with Crippen LogP contribution in [0.2, 0.25) is 5.28 Å². The summed E-state index contributed by atoms with van der Waals surface area (Å²) in [6.45, 7) is 0.649. The lowest BCUT2D eigenvalue weighted by atomic mass is 10.1. The van der Waals surface area contributed by atoms with Crippen LogP contribution in [0.3, 0.4) is 0 Å². The van der Waals surface area contributed by atoms with Crippen LogP contribution in [0.1, 0.15) is 5.56 Å². The minimum atomic E-state index is -0.659. The third-order valence-corrected chi connectivity index (χ3v) is 2.60. The molecule has 1 heterocycles. The molecule has 6 heteroatoms. The third-order valence-electron chi connectivity index (χ3n) is 2.42. The predicted molar refractivity (Wildman–Crippen MR) is 69.1 cm³/mol. The van der Waals surface area contributed by atoms with Crippen molar-refractivity contribution in [2.24, 2.45) is 0 Å². The lowest BCUT2D eigenvalue weighted by molar-refractivity contribution is 0.202. The molecule has 0 radical (unpaired) electrons. The zero-order chi connectivity index (χ0) is 13.7. The van der Waals surface area contributed by atoms with Gasteiger partial charge in [0.15, 0.2) is 0 Å². The number of halogens is 2. The molecule has 2 rings (SSSR count). The van der Waals surface area contributed by atoms with E-state index in [9.17, 15) is 4.39 Å². The molecule has 1 aromatic heterocycles. The Morgan fingerprint density at radius 3 is 2.68 bits per heavy atom. The highest BCUT2D eigenvalue weighted by molar-refractivity contribution is 6.28. The molecule has 2 aromatic rings. The van der Waals surface area contributed by atoms with Crippen LogP contribution in [0.25, 0.3) is 0 Å². The second-order valence-corrected chi connectivity index (χ2v) is 4.12. The van der Waals surface area contributed by atoms with Gasteiger partial charge in [0.2, 0.25) is 11.1 Å². The largest absolute Gasteiger partial charge is 0.436 e. The summed E-state index contributed by atoms with van der Waals surface area (Å²) in [5.41, 5.74) is 1.11. The van der Waals surface area contributed by atoms with E-state index in [2.05, 4.69) is 9.97 Å². The van der Waals surface area contributed by atoms with E-state index in [1.807, 2.05) is 12.1 Å². The molecule has 0 bridgehead atoms. The zero-order valence-electron chi connectivity index (χ0n) is 10.3. The molecule has 1 aromatic carbocycles. The molecule has 19 heavy (non-hydrogen) atoms. The quantitative estimate of drug-likeness (QED) is 0.790. The van der Waals surface area contributed by atoms with E-state index in [0.717, 1.165) is 18.2 Å². The Kier molecular flexibility index (Phi) is 4.65. The van der Waals surface area contributed by atoms with Crippen LogP contribution in [0, 0.1) is 5.82 Å². The Bertz CT molecular complexity index is 549. The number of nitrogens with zero attached hydrogens (tertiary/aromatic N) is 2. The van der Waals surface area contributed by atoms with Crippen molar-refractivity contribution in [3.63, 3.8) is 0 Å². The molecule has 4 nitrogen and oxygen atoms in total. The summed E-state index contributed by atoms with van der Waals surface area (Å²) >= 11 is 5.58. The van der Waals surface area contributed by atoms with Gasteiger partial charge in [-0.15, -0.1) is 0 Å². The molecule has 0 N–H and O–H groups in total. The van der Waals surface area contributed by atoms with Gasteiger partial charge in [-0.2, -0.15) is 9.37 Å². The van der Waals surface area contributed by atoms with E-state index in [1.54, 1.807) is 19.2 Å². The van der Waals surface area contributed by atoms with Gasteiger partial charge in [-0.25, -0.2) is 4.98 Å². The average Bonchev–Trinajstić information content (AvgIpc) is 2.42. The van der Waals surface area contributed by atoms with Crippen LogP contribution in [0.15, 0.2) is 30.5 Å². The number of rotatable bonds is 5. The lowest BCUT2D eigenvalue weighted by Gasteiger charge is -2.06. The molecule has 0 aliphatic carbocycles. The summed E-state index contributed by atoms with van der Waals surface area (Å²) in [4.78, 5) is 7.19. The fourth-order valence-electron chi connectivity index (χ4n) is 1.46. The number of hydrogen-bond donors (Lipinski definition) is 0. The lowest BCUT2D eigenvalue weighted by Crippen LogP contribution is -1.96. The SMILES string of the molecule is COCCc1ccc(Oc2nc(Cl)ncc2F)cc1. The molecule has 0 spiro atoms. The summed E-state index contributed by atoms with van der Waals surface area (Å²) in [6.07, 6.45) is 1.78. The van der Waals surface area contributed by atoms with Crippen LogP contribution < -0.4 is 4.74 Å². The molecule has 0 aliphatic heterocycles. The first-order valence-electron chi connectivity index (χ1n) is 5.63. The minimum absolute atomic E-state index is 0.0619. The highest BCUT2D eigenvalue weighted by atomic mass is 35.5. The Morgan fingerprint density at radius 1 is 1.26 bits per heavy atom. The maximum absolute atomic E-state index is 13.4. The normalized spacial score (nSPS) is 10.5. The average molecular weight is 283 g/mol. The Morgan fingerprint density at radius 2 is 2.00 bits per heavy atom. The molecule has 0 amide bonds. The Balaban J connectivity index is 2.08. The van der Waals surface area contributed by atoms with Crippen molar-refractivity contribution in [1.29, 1.82) is 0 Å². The first-order chi connectivity index (χ1) is 9.19. The second kappa shape index (κ2) is 6.45. The molecular formula is C13H12ClFN2O2. The van der Waals surface area contributed by atoms with Crippen molar-refractivity contribution >= 4 is 11.6 Å². The number of benzene rings is 1. The van der Waals surface area contributed by atoms with Gasteiger partial charge < -0.3 is 9.47 Å². The summed E-state index contributed by atoms with van der Waals surface area (Å²) in [5.74, 6) is -0.368. The molecule has 0 atom stereocenters. The number of ether oxygens (including phenoxy) is 2. The van der Waals surface area contributed by atoms with Crippen molar-refractivity contribution in [2.45, 2.75) is 6.42 Å². The van der Waals surface area contributed by atoms with E-state index < -0.39 is 5.82 Å². The molecule has 0 saturated heterocycles. The van der Waals surface area contributed by atoms with Crippen LogP contribution >= 0.6 is 11.6 Å². The first-order valence-corrected chi connectivity index (χ1v) is 6.00. The molecule has 0 unspecified atom stereocenters. The van der Waals surface area contributed by atoms with Crippen molar-refractivity contribution in [3.05, 3.63) is 47.1 Å². The first kappa shape index (κ1) is 13.7. The molecule has 100 valence electrons. The van der Waals surface area contributed by atoms with Gasteiger partial charge in [0.1, 0.15) is 5.75 Å². The van der Waals surface area contributed by atoms with E-state index in [0.29, 0.717) is 12.4 Å². The van der Waals surface area contributed by atoms with Gasteiger partial charge >= 0.3 is 0 Å². The highest BCUT2D eigenvalue weighted by Crippen LogP contribution is 2.23. The minimum Gasteiger partial charge on any atom is -0.436 e. The molecule has 0 aliphatic rings. The van der Waals surface area contributed by atoms with Crippen molar-refractivity contribution < 1.29 is 13.9 Å².